The van der Waals surface area contributed by atoms with Gasteiger partial charge in [0.25, 0.3) is 0 Å². The van der Waals surface area contributed by atoms with Crippen LogP contribution >= 0.6 is 0 Å². The number of carbonyl (C=O) groups is 3. The maximum Gasteiger partial charge on any atom is 0.407 e. The molecule has 9 heteroatoms. The zero-order chi connectivity index (χ0) is 24.9. The summed E-state index contributed by atoms with van der Waals surface area (Å²) in [4.78, 5) is 36.6. The van der Waals surface area contributed by atoms with Crippen LogP contribution in [0.15, 0.2) is 60.9 Å². The fourth-order valence-corrected chi connectivity index (χ4v) is 4.23. The minimum atomic E-state index is -1.08. The fraction of sp³-hybridized carbons (Fsp3) is 0.308. The number of carboxylic acid groups (broad SMARTS) is 1. The van der Waals surface area contributed by atoms with Crippen LogP contribution in [0.3, 0.4) is 0 Å². The van der Waals surface area contributed by atoms with Crippen molar-refractivity contribution in [2.45, 2.75) is 44.7 Å². The van der Waals surface area contributed by atoms with E-state index in [1.807, 2.05) is 62.4 Å². The summed E-state index contributed by atoms with van der Waals surface area (Å²) in [7, 11) is 0. The van der Waals surface area contributed by atoms with Crippen molar-refractivity contribution >= 4 is 23.7 Å². The van der Waals surface area contributed by atoms with E-state index in [9.17, 15) is 14.4 Å². The van der Waals surface area contributed by atoms with Crippen LogP contribution in [-0.2, 0) is 14.3 Å². The summed E-state index contributed by atoms with van der Waals surface area (Å²) in [6.45, 7) is 3.99. The van der Waals surface area contributed by atoms with Gasteiger partial charge in [-0.15, -0.1) is 0 Å². The molecule has 0 bridgehead atoms. The zero-order valence-corrected chi connectivity index (χ0v) is 19.6. The quantitative estimate of drug-likeness (QED) is 0.426. The second kappa shape index (κ2) is 10.4. The fourth-order valence-electron chi connectivity index (χ4n) is 4.23. The smallest absolute Gasteiger partial charge is 0.407 e. The Balaban J connectivity index is 1.41. The maximum atomic E-state index is 12.8. The minimum Gasteiger partial charge on any atom is -0.481 e. The van der Waals surface area contributed by atoms with E-state index in [-0.39, 0.29) is 31.4 Å². The number of carbonyl (C=O) groups excluding carboxylic acids is 2. The number of nitrogens with one attached hydrogen (secondary N) is 2. The molecule has 0 saturated heterocycles. The van der Waals surface area contributed by atoms with Gasteiger partial charge in [0.2, 0.25) is 5.91 Å². The molecule has 3 aromatic rings. The van der Waals surface area contributed by atoms with Crippen molar-refractivity contribution in [2.24, 2.45) is 0 Å². The Morgan fingerprint density at radius 2 is 1.69 bits per heavy atom. The van der Waals surface area contributed by atoms with Crippen LogP contribution < -0.4 is 10.6 Å². The molecule has 1 unspecified atom stereocenters. The summed E-state index contributed by atoms with van der Waals surface area (Å²) in [5.41, 5.74) is 4.82. The number of ether oxygens (including phenoxy) is 1. The normalized spacial score (nSPS) is 13.1. The summed E-state index contributed by atoms with van der Waals surface area (Å²) in [6, 6.07) is 15.0. The zero-order valence-electron chi connectivity index (χ0n) is 19.6. The van der Waals surface area contributed by atoms with Crippen molar-refractivity contribution in [2.75, 3.05) is 11.9 Å². The molecule has 4 rings (SSSR count). The van der Waals surface area contributed by atoms with Crippen LogP contribution in [0, 0.1) is 0 Å². The number of anilines is 1. The largest absolute Gasteiger partial charge is 0.481 e. The Labute approximate surface area is 203 Å². The average Bonchev–Trinajstić information content (AvgIpc) is 3.43. The molecule has 1 aliphatic carbocycles. The van der Waals surface area contributed by atoms with Crippen molar-refractivity contribution < 1.29 is 24.2 Å². The monoisotopic (exact) mass is 476 g/mol. The molecule has 0 aliphatic heterocycles. The van der Waals surface area contributed by atoms with Gasteiger partial charge >= 0.3 is 12.1 Å². The lowest BCUT2D eigenvalue weighted by atomic mass is 9.98. The summed E-state index contributed by atoms with van der Waals surface area (Å²) < 4.78 is 7.20. The third-order valence-electron chi connectivity index (χ3n) is 6.00. The number of amides is 2. The second-order valence-electron chi connectivity index (χ2n) is 8.75. The Hall–Kier alpha value is -4.14. The molecule has 182 valence electrons. The molecule has 35 heavy (non-hydrogen) atoms. The maximum absolute atomic E-state index is 12.8. The third-order valence-corrected chi connectivity index (χ3v) is 6.00. The highest BCUT2D eigenvalue weighted by Gasteiger charge is 2.30. The van der Waals surface area contributed by atoms with Crippen LogP contribution in [0.1, 0.15) is 49.8 Å². The number of hydrogen-bond donors (Lipinski definition) is 3. The second-order valence-corrected chi connectivity index (χ2v) is 8.75. The highest BCUT2D eigenvalue weighted by Crippen LogP contribution is 2.44. The number of alkyl carbamates (subject to hydrolysis) is 1. The molecule has 1 atom stereocenters. The molecule has 1 heterocycles. The number of aliphatic carboxylic acids is 1. The first-order chi connectivity index (χ1) is 16.8. The molecular weight excluding hydrogens is 448 g/mol. The Kier molecular flexibility index (Phi) is 7.14. The van der Waals surface area contributed by atoms with Gasteiger partial charge in [0.05, 0.1) is 11.9 Å². The van der Waals surface area contributed by atoms with Crippen molar-refractivity contribution in [3.8, 4) is 11.1 Å². The van der Waals surface area contributed by atoms with Crippen molar-refractivity contribution in [3.05, 3.63) is 72.1 Å². The number of nitrogens with zero attached hydrogens (tertiary/aromatic N) is 2. The van der Waals surface area contributed by atoms with Gasteiger partial charge in [-0.2, -0.15) is 5.10 Å². The van der Waals surface area contributed by atoms with Crippen molar-refractivity contribution in [1.29, 1.82) is 0 Å². The molecular formula is C26H28N4O5. The molecule has 0 spiro atoms. The Bertz CT molecular complexity index is 1190. The van der Waals surface area contributed by atoms with Gasteiger partial charge in [-0.1, -0.05) is 48.5 Å². The van der Waals surface area contributed by atoms with E-state index in [1.165, 1.54) is 6.20 Å². The first kappa shape index (κ1) is 24.0. The van der Waals surface area contributed by atoms with Crippen LogP contribution in [0.25, 0.3) is 11.1 Å². The predicted molar refractivity (Wildman–Crippen MR) is 130 cm³/mol. The number of fused-ring (bicyclic) bond motifs is 3. The van der Waals surface area contributed by atoms with Crippen LogP contribution in [0.4, 0.5) is 10.5 Å². The van der Waals surface area contributed by atoms with Crippen molar-refractivity contribution in [1.82, 2.24) is 15.1 Å². The number of carboxylic acids is 1. The van der Waals surface area contributed by atoms with E-state index in [0.29, 0.717) is 5.69 Å². The first-order valence-electron chi connectivity index (χ1n) is 11.5. The van der Waals surface area contributed by atoms with Gasteiger partial charge in [-0.3, -0.25) is 14.3 Å². The van der Waals surface area contributed by atoms with Crippen LogP contribution in [-0.4, -0.2) is 45.5 Å². The molecule has 0 radical (unpaired) electrons. The number of rotatable bonds is 9. The molecule has 2 amide bonds. The molecule has 0 fully saturated rings. The van der Waals surface area contributed by atoms with E-state index in [4.69, 9.17) is 9.84 Å². The van der Waals surface area contributed by atoms with Crippen LogP contribution in [0.2, 0.25) is 0 Å². The summed E-state index contributed by atoms with van der Waals surface area (Å²) >= 11 is 0. The lowest BCUT2D eigenvalue weighted by Crippen LogP contribution is -2.44. The van der Waals surface area contributed by atoms with Crippen molar-refractivity contribution in [3.63, 3.8) is 0 Å². The summed E-state index contributed by atoms with van der Waals surface area (Å²) in [6.07, 6.45) is 2.02. The molecule has 1 aliphatic rings. The summed E-state index contributed by atoms with van der Waals surface area (Å²) in [5.74, 6) is -1.73. The van der Waals surface area contributed by atoms with Gasteiger partial charge < -0.3 is 20.5 Å². The van der Waals surface area contributed by atoms with Gasteiger partial charge in [0.15, 0.2) is 0 Å². The van der Waals surface area contributed by atoms with Crippen LogP contribution in [0.5, 0.6) is 0 Å². The van der Waals surface area contributed by atoms with Gasteiger partial charge in [0, 0.05) is 24.6 Å². The molecule has 1 aromatic heterocycles. The SMILES string of the molecule is CC(C)n1cc(NC(=O)C(CCC(=O)O)NC(=O)OCC2c3ccccc3-c3ccccc32)cn1. The lowest BCUT2D eigenvalue weighted by molar-refractivity contribution is -0.137. The van der Waals surface area contributed by atoms with E-state index < -0.39 is 24.0 Å². The van der Waals surface area contributed by atoms with E-state index in [1.54, 1.807) is 10.9 Å². The topological polar surface area (TPSA) is 123 Å². The number of aromatic nitrogens is 2. The Morgan fingerprint density at radius 1 is 1.06 bits per heavy atom. The Morgan fingerprint density at radius 3 is 2.26 bits per heavy atom. The molecule has 0 saturated carbocycles. The van der Waals surface area contributed by atoms with E-state index >= 15 is 0 Å². The highest BCUT2D eigenvalue weighted by molar-refractivity contribution is 5.96. The van der Waals surface area contributed by atoms with Gasteiger partial charge in [0.1, 0.15) is 12.6 Å². The molecule has 3 N–H and O–H groups in total. The number of benzene rings is 2. The van der Waals surface area contributed by atoms with Gasteiger partial charge in [-0.05, 0) is 42.5 Å². The first-order valence-corrected chi connectivity index (χ1v) is 11.5. The van der Waals surface area contributed by atoms with E-state index in [0.717, 1.165) is 22.3 Å². The average molecular weight is 477 g/mol. The lowest BCUT2D eigenvalue weighted by Gasteiger charge is -2.19. The van der Waals surface area contributed by atoms with E-state index in [2.05, 4.69) is 15.7 Å². The molecule has 9 nitrogen and oxygen atoms in total. The minimum absolute atomic E-state index is 0.0797. The number of hydrogen-bond acceptors (Lipinski definition) is 5. The standard InChI is InChI=1S/C26H28N4O5/c1-16(2)30-14-17(13-27-30)28-25(33)23(11-12-24(31)32)29-26(34)35-15-22-20-9-5-3-7-18(20)19-8-4-6-10-21(19)22/h3-10,13-14,16,22-23H,11-12,15H2,1-2H3,(H,28,33)(H,29,34)(H,31,32). The predicted octanol–water partition coefficient (Wildman–Crippen LogP) is 4.17. The van der Waals surface area contributed by atoms with Gasteiger partial charge in [-0.25, -0.2) is 4.79 Å². The third kappa shape index (κ3) is 5.51. The highest BCUT2D eigenvalue weighted by atomic mass is 16.5. The molecule has 2 aromatic carbocycles. The summed E-state index contributed by atoms with van der Waals surface area (Å²) in [5, 5.41) is 18.5.